The van der Waals surface area contributed by atoms with Crippen molar-refractivity contribution in [2.45, 2.75) is 50.7 Å². The second-order valence-electron chi connectivity index (χ2n) is 6.22. The van der Waals surface area contributed by atoms with Crippen LogP contribution in [0, 0.1) is 0 Å². The van der Waals surface area contributed by atoms with E-state index in [9.17, 15) is 9.90 Å². The predicted molar refractivity (Wildman–Crippen MR) is 85.2 cm³/mol. The number of amides is 1. The van der Waals surface area contributed by atoms with Crippen molar-refractivity contribution in [1.82, 2.24) is 5.32 Å². The molecule has 1 unspecified atom stereocenters. The third-order valence-corrected chi connectivity index (χ3v) is 4.41. The number of hydrogen-bond donors (Lipinski definition) is 3. The summed E-state index contributed by atoms with van der Waals surface area (Å²) < 4.78 is 5.67. The molecular weight excluding hydrogens is 280 g/mol. The van der Waals surface area contributed by atoms with Gasteiger partial charge in [-0.05, 0) is 43.0 Å². The van der Waals surface area contributed by atoms with Crippen LogP contribution in [0.3, 0.4) is 0 Å². The van der Waals surface area contributed by atoms with Crippen LogP contribution in [-0.4, -0.2) is 36.3 Å². The smallest absolute Gasteiger partial charge is 0.224 e. The molecule has 22 heavy (non-hydrogen) atoms. The summed E-state index contributed by atoms with van der Waals surface area (Å²) in [7, 11) is 0. The van der Waals surface area contributed by atoms with Gasteiger partial charge < -0.3 is 20.5 Å². The maximum Gasteiger partial charge on any atom is 0.224 e. The minimum absolute atomic E-state index is 0.0644. The van der Waals surface area contributed by atoms with Crippen LogP contribution in [0.5, 0.6) is 5.75 Å². The Morgan fingerprint density at radius 1 is 1.32 bits per heavy atom. The van der Waals surface area contributed by atoms with Gasteiger partial charge in [0, 0.05) is 24.7 Å². The Morgan fingerprint density at radius 3 is 2.95 bits per heavy atom. The highest BCUT2D eigenvalue weighted by Gasteiger charge is 2.17. The molecule has 1 aliphatic heterocycles. The molecule has 1 saturated carbocycles. The number of benzene rings is 1. The first-order chi connectivity index (χ1) is 10.7. The molecular formula is C17H24N2O3. The maximum absolute atomic E-state index is 11.3. The number of aryl methyl sites for hydroxylation is 1. The average Bonchev–Trinajstić information content (AvgIpc) is 3.04. The summed E-state index contributed by atoms with van der Waals surface area (Å²) in [5, 5.41) is 16.2. The van der Waals surface area contributed by atoms with E-state index in [1.54, 1.807) is 0 Å². The van der Waals surface area contributed by atoms with Crippen molar-refractivity contribution in [2.24, 2.45) is 0 Å². The number of nitrogens with one attached hydrogen (secondary N) is 2. The van der Waals surface area contributed by atoms with Crippen LogP contribution in [0.4, 0.5) is 5.69 Å². The van der Waals surface area contributed by atoms with E-state index in [-0.39, 0.29) is 12.5 Å². The van der Waals surface area contributed by atoms with Gasteiger partial charge in [-0.3, -0.25) is 4.79 Å². The molecule has 2 aliphatic rings. The number of hydrogen-bond acceptors (Lipinski definition) is 4. The largest absolute Gasteiger partial charge is 0.491 e. The third-order valence-electron chi connectivity index (χ3n) is 4.41. The molecule has 0 bridgehead atoms. The number of aliphatic hydroxyl groups excluding tert-OH is 1. The molecule has 1 aliphatic carbocycles. The summed E-state index contributed by atoms with van der Waals surface area (Å²) in [6, 6.07) is 6.21. The lowest BCUT2D eigenvalue weighted by Crippen LogP contribution is -2.36. The van der Waals surface area contributed by atoms with E-state index in [0.717, 1.165) is 23.4 Å². The van der Waals surface area contributed by atoms with Crippen LogP contribution in [0.2, 0.25) is 0 Å². The molecule has 1 aromatic carbocycles. The molecule has 1 heterocycles. The van der Waals surface area contributed by atoms with Crippen LogP contribution in [0.25, 0.3) is 0 Å². The van der Waals surface area contributed by atoms with Crippen molar-refractivity contribution in [1.29, 1.82) is 0 Å². The first-order valence-corrected chi connectivity index (χ1v) is 8.18. The van der Waals surface area contributed by atoms with E-state index in [4.69, 9.17) is 4.74 Å². The van der Waals surface area contributed by atoms with Gasteiger partial charge in [-0.25, -0.2) is 0 Å². The van der Waals surface area contributed by atoms with Gasteiger partial charge in [-0.15, -0.1) is 0 Å². The van der Waals surface area contributed by atoms with E-state index in [0.29, 0.717) is 19.0 Å². The number of ether oxygens (including phenoxy) is 1. The van der Waals surface area contributed by atoms with Crippen molar-refractivity contribution in [3.8, 4) is 5.75 Å². The molecule has 0 radical (unpaired) electrons. The van der Waals surface area contributed by atoms with Gasteiger partial charge >= 0.3 is 0 Å². The van der Waals surface area contributed by atoms with E-state index in [1.165, 1.54) is 25.7 Å². The molecule has 5 nitrogen and oxygen atoms in total. The van der Waals surface area contributed by atoms with Gasteiger partial charge in [0.1, 0.15) is 18.5 Å². The Morgan fingerprint density at radius 2 is 2.14 bits per heavy atom. The summed E-state index contributed by atoms with van der Waals surface area (Å²) >= 11 is 0. The van der Waals surface area contributed by atoms with Crippen molar-refractivity contribution in [3.63, 3.8) is 0 Å². The Kier molecular flexibility index (Phi) is 4.95. The summed E-state index contributed by atoms with van der Waals surface area (Å²) in [5.74, 6) is 0.810. The lowest BCUT2D eigenvalue weighted by atomic mass is 10.0. The highest BCUT2D eigenvalue weighted by Crippen LogP contribution is 2.26. The summed E-state index contributed by atoms with van der Waals surface area (Å²) in [6.07, 6.45) is 5.76. The first kappa shape index (κ1) is 15.3. The quantitative estimate of drug-likeness (QED) is 0.750. The van der Waals surface area contributed by atoms with Gasteiger partial charge in [0.2, 0.25) is 5.91 Å². The van der Waals surface area contributed by atoms with E-state index >= 15 is 0 Å². The number of carbonyl (C=O) groups excluding carboxylic acids is 1. The van der Waals surface area contributed by atoms with Gasteiger partial charge in [0.25, 0.3) is 0 Å². The lowest BCUT2D eigenvalue weighted by molar-refractivity contribution is -0.116. The Labute approximate surface area is 131 Å². The number of aliphatic hydroxyl groups is 1. The fourth-order valence-corrected chi connectivity index (χ4v) is 3.13. The van der Waals surface area contributed by atoms with E-state index in [2.05, 4.69) is 10.6 Å². The Balaban J connectivity index is 1.45. The molecule has 0 saturated heterocycles. The van der Waals surface area contributed by atoms with Gasteiger partial charge in [-0.1, -0.05) is 12.8 Å². The first-order valence-electron chi connectivity index (χ1n) is 8.18. The molecule has 1 amide bonds. The molecule has 1 atom stereocenters. The van der Waals surface area contributed by atoms with Gasteiger partial charge in [0.15, 0.2) is 0 Å². The SMILES string of the molecule is O=C1CCc2cc(OCC(O)CNC3CCCC3)ccc2N1. The molecule has 0 aromatic heterocycles. The fraction of sp³-hybridized carbons (Fsp3) is 0.588. The minimum atomic E-state index is -0.503. The van der Waals surface area contributed by atoms with Crippen LogP contribution in [-0.2, 0) is 11.2 Å². The van der Waals surface area contributed by atoms with Crippen LogP contribution < -0.4 is 15.4 Å². The molecule has 3 rings (SSSR count). The summed E-state index contributed by atoms with van der Waals surface area (Å²) in [5.41, 5.74) is 1.96. The number of rotatable bonds is 6. The van der Waals surface area contributed by atoms with Gasteiger partial charge in [0.05, 0.1) is 0 Å². The molecule has 1 aromatic rings. The van der Waals surface area contributed by atoms with Crippen molar-refractivity contribution >= 4 is 11.6 Å². The number of fused-ring (bicyclic) bond motifs is 1. The monoisotopic (exact) mass is 304 g/mol. The maximum atomic E-state index is 11.3. The van der Waals surface area contributed by atoms with Crippen LogP contribution in [0.15, 0.2) is 18.2 Å². The van der Waals surface area contributed by atoms with E-state index in [1.807, 2.05) is 18.2 Å². The van der Waals surface area contributed by atoms with Crippen molar-refractivity contribution in [2.75, 3.05) is 18.5 Å². The molecule has 0 spiro atoms. The second kappa shape index (κ2) is 7.11. The van der Waals surface area contributed by atoms with Gasteiger partial charge in [-0.2, -0.15) is 0 Å². The lowest BCUT2D eigenvalue weighted by Gasteiger charge is -2.19. The zero-order valence-electron chi connectivity index (χ0n) is 12.8. The zero-order valence-corrected chi connectivity index (χ0v) is 12.8. The highest BCUT2D eigenvalue weighted by molar-refractivity contribution is 5.93. The molecule has 120 valence electrons. The molecule has 5 heteroatoms. The topological polar surface area (TPSA) is 70.6 Å². The summed E-state index contributed by atoms with van der Waals surface area (Å²) in [6.45, 7) is 0.858. The minimum Gasteiger partial charge on any atom is -0.491 e. The number of carbonyl (C=O) groups is 1. The fourth-order valence-electron chi connectivity index (χ4n) is 3.13. The Bertz CT molecular complexity index is 527. The molecule has 1 fully saturated rings. The molecule has 3 N–H and O–H groups in total. The number of anilines is 1. The standard InChI is InChI=1S/C17H24N2O3/c20-14(10-18-13-3-1-2-4-13)11-22-15-6-7-16-12(9-15)5-8-17(21)19-16/h6-7,9,13-14,18,20H,1-5,8,10-11H2,(H,19,21). The van der Waals surface area contributed by atoms with E-state index < -0.39 is 6.10 Å². The highest BCUT2D eigenvalue weighted by atomic mass is 16.5. The average molecular weight is 304 g/mol. The normalized spacial score (nSPS) is 19.6. The second-order valence-corrected chi connectivity index (χ2v) is 6.22. The third kappa shape index (κ3) is 3.99. The zero-order chi connectivity index (χ0) is 15.4. The summed E-state index contributed by atoms with van der Waals surface area (Å²) in [4.78, 5) is 11.3. The van der Waals surface area contributed by atoms with Crippen LogP contribution in [0.1, 0.15) is 37.7 Å². The van der Waals surface area contributed by atoms with Crippen molar-refractivity contribution < 1.29 is 14.6 Å². The van der Waals surface area contributed by atoms with Crippen LogP contribution >= 0.6 is 0 Å². The predicted octanol–water partition coefficient (Wildman–Crippen LogP) is 1.84. The Hall–Kier alpha value is -1.59. The van der Waals surface area contributed by atoms with Crippen molar-refractivity contribution in [3.05, 3.63) is 23.8 Å².